The maximum Gasteiger partial charge on any atom is 0.420 e. The fourth-order valence-electron chi connectivity index (χ4n) is 3.63. The number of likely N-dealkylation sites (tertiary alicyclic amines) is 1. The minimum absolute atomic E-state index is 0.127. The molecular weight excluding hydrogens is 330 g/mol. The number of hydrogen-bond donors (Lipinski definition) is 0. The molecule has 1 aliphatic rings. The molecule has 0 aliphatic carbocycles. The maximum absolute atomic E-state index is 12.4. The molecule has 1 aliphatic heterocycles. The average Bonchev–Trinajstić information content (AvgIpc) is 2.98. The van der Waals surface area contributed by atoms with Crippen LogP contribution in [0.3, 0.4) is 0 Å². The fourth-order valence-corrected chi connectivity index (χ4v) is 3.63. The minimum Gasteiger partial charge on any atom is -0.408 e. The number of oxazole rings is 1. The summed E-state index contributed by atoms with van der Waals surface area (Å²) < 4.78 is 7.22. The first-order valence-electron chi connectivity index (χ1n) is 8.92. The number of para-hydroxylation sites is 2. The summed E-state index contributed by atoms with van der Waals surface area (Å²) >= 11 is 0. The maximum atomic E-state index is 12.4. The summed E-state index contributed by atoms with van der Waals surface area (Å²) in [5.41, 5.74) is 2.62. The van der Waals surface area contributed by atoms with Gasteiger partial charge in [-0.25, -0.2) is 14.8 Å². The minimum atomic E-state index is -0.267. The summed E-state index contributed by atoms with van der Waals surface area (Å²) in [7, 11) is 3.86. The van der Waals surface area contributed by atoms with Gasteiger partial charge in [-0.3, -0.25) is 9.47 Å². The van der Waals surface area contributed by atoms with Crippen LogP contribution in [0.25, 0.3) is 11.1 Å². The zero-order valence-electron chi connectivity index (χ0n) is 15.1. The molecule has 3 heterocycles. The molecule has 1 saturated heterocycles. The summed E-state index contributed by atoms with van der Waals surface area (Å²) in [5, 5.41) is 0. The van der Waals surface area contributed by atoms with E-state index in [0.717, 1.165) is 43.6 Å². The summed E-state index contributed by atoms with van der Waals surface area (Å²) in [6.07, 6.45) is 5.79. The van der Waals surface area contributed by atoms with Crippen molar-refractivity contribution in [3.8, 4) is 0 Å². The molecule has 2 aromatic heterocycles. The first-order valence-corrected chi connectivity index (χ1v) is 8.92. The first kappa shape index (κ1) is 16.8. The monoisotopic (exact) mass is 353 g/mol. The molecule has 7 nitrogen and oxygen atoms in total. The predicted octanol–water partition coefficient (Wildman–Crippen LogP) is 2.29. The zero-order chi connectivity index (χ0) is 18.1. The molecule has 7 heteroatoms. The van der Waals surface area contributed by atoms with Gasteiger partial charge in [0.15, 0.2) is 5.58 Å². The zero-order valence-corrected chi connectivity index (χ0v) is 15.1. The van der Waals surface area contributed by atoms with Crippen molar-refractivity contribution in [2.24, 2.45) is 0 Å². The predicted molar refractivity (Wildman–Crippen MR) is 100 cm³/mol. The van der Waals surface area contributed by atoms with Gasteiger partial charge < -0.3 is 9.32 Å². The van der Waals surface area contributed by atoms with Gasteiger partial charge in [-0.1, -0.05) is 12.1 Å². The van der Waals surface area contributed by atoms with Crippen molar-refractivity contribution in [3.63, 3.8) is 0 Å². The Hall–Kier alpha value is -2.67. The lowest BCUT2D eigenvalue weighted by molar-refractivity contribution is 0.167. The molecule has 4 rings (SSSR count). The third-order valence-corrected chi connectivity index (χ3v) is 4.86. The number of anilines is 1. The van der Waals surface area contributed by atoms with Crippen molar-refractivity contribution >= 4 is 17.0 Å². The molecule has 0 spiro atoms. The molecule has 0 bridgehead atoms. The van der Waals surface area contributed by atoms with E-state index in [0.29, 0.717) is 11.5 Å². The summed E-state index contributed by atoms with van der Waals surface area (Å²) in [5.74, 6) is 0.443. The molecule has 0 saturated carbocycles. The molecule has 0 unspecified atom stereocenters. The highest BCUT2D eigenvalue weighted by Gasteiger charge is 2.25. The van der Waals surface area contributed by atoms with Crippen LogP contribution in [0, 0.1) is 0 Å². The van der Waals surface area contributed by atoms with E-state index in [-0.39, 0.29) is 11.8 Å². The van der Waals surface area contributed by atoms with E-state index in [1.54, 1.807) is 0 Å². The summed E-state index contributed by atoms with van der Waals surface area (Å²) in [4.78, 5) is 25.4. The van der Waals surface area contributed by atoms with Gasteiger partial charge in [-0.15, -0.1) is 0 Å². The highest BCUT2D eigenvalue weighted by molar-refractivity contribution is 5.72. The van der Waals surface area contributed by atoms with E-state index < -0.39 is 0 Å². The molecule has 3 aromatic rings. The van der Waals surface area contributed by atoms with Gasteiger partial charge in [0.2, 0.25) is 5.95 Å². The van der Waals surface area contributed by atoms with Crippen LogP contribution in [0.4, 0.5) is 5.95 Å². The molecule has 0 radical (unpaired) electrons. The van der Waals surface area contributed by atoms with Crippen LogP contribution < -0.4 is 10.7 Å². The number of hydrogen-bond acceptors (Lipinski definition) is 6. The normalized spacial score (nSPS) is 18.3. The van der Waals surface area contributed by atoms with E-state index in [4.69, 9.17) is 4.42 Å². The van der Waals surface area contributed by atoms with E-state index >= 15 is 0 Å². The Balaban J connectivity index is 1.52. The lowest BCUT2D eigenvalue weighted by atomic mass is 10.0. The molecule has 1 atom stereocenters. The third-order valence-electron chi connectivity index (χ3n) is 4.86. The number of nitrogens with zero attached hydrogens (tertiary/aromatic N) is 5. The van der Waals surface area contributed by atoms with Crippen molar-refractivity contribution in [1.82, 2.24) is 19.4 Å². The van der Waals surface area contributed by atoms with Crippen LogP contribution in [0.5, 0.6) is 0 Å². The molecule has 0 amide bonds. The van der Waals surface area contributed by atoms with Gasteiger partial charge in [-0.2, -0.15) is 0 Å². The van der Waals surface area contributed by atoms with Crippen molar-refractivity contribution < 1.29 is 4.42 Å². The molecule has 26 heavy (non-hydrogen) atoms. The van der Waals surface area contributed by atoms with Gasteiger partial charge in [0.05, 0.1) is 11.6 Å². The number of aromatic nitrogens is 3. The van der Waals surface area contributed by atoms with Gasteiger partial charge >= 0.3 is 5.76 Å². The lowest BCUT2D eigenvalue weighted by Gasteiger charge is -2.32. The second-order valence-electron chi connectivity index (χ2n) is 7.02. The molecule has 136 valence electrons. The standard InChI is InChI=1S/C19H23N5O2/c1-22(2)18-20-10-14(11-21-18)12-23-9-5-6-15(13-23)24-16-7-3-4-8-17(16)26-19(24)25/h3-4,7-8,10-11,15H,5-6,9,12-13H2,1-2H3/t15-/m0/s1. The van der Waals surface area contributed by atoms with Crippen LogP contribution in [0.1, 0.15) is 24.4 Å². The van der Waals surface area contributed by atoms with E-state index in [1.807, 2.05) is 60.2 Å². The van der Waals surface area contributed by atoms with Gasteiger partial charge in [0.1, 0.15) is 0 Å². The third kappa shape index (κ3) is 3.22. The molecule has 1 fully saturated rings. The number of fused-ring (bicyclic) bond motifs is 1. The van der Waals surface area contributed by atoms with Gasteiger partial charge in [0.25, 0.3) is 0 Å². The second kappa shape index (κ2) is 6.92. The Morgan fingerprint density at radius 3 is 2.77 bits per heavy atom. The van der Waals surface area contributed by atoms with E-state index in [1.165, 1.54) is 0 Å². The quantitative estimate of drug-likeness (QED) is 0.717. The van der Waals surface area contributed by atoms with Crippen molar-refractivity contribution in [2.45, 2.75) is 25.4 Å². The largest absolute Gasteiger partial charge is 0.420 e. The summed E-state index contributed by atoms with van der Waals surface area (Å²) in [6.45, 7) is 2.62. The van der Waals surface area contributed by atoms with Crippen LogP contribution in [0.15, 0.2) is 45.9 Å². The Labute approximate surface area is 151 Å². The molecular formula is C19H23N5O2. The van der Waals surface area contributed by atoms with Crippen molar-refractivity contribution in [2.75, 3.05) is 32.1 Å². The smallest absolute Gasteiger partial charge is 0.408 e. The van der Waals surface area contributed by atoms with Crippen LogP contribution >= 0.6 is 0 Å². The van der Waals surface area contributed by atoms with Crippen LogP contribution in [-0.4, -0.2) is 46.6 Å². The fraction of sp³-hybridized carbons (Fsp3) is 0.421. The summed E-state index contributed by atoms with van der Waals surface area (Å²) in [6, 6.07) is 7.75. The number of benzene rings is 1. The number of rotatable bonds is 4. The Morgan fingerprint density at radius 2 is 2.00 bits per heavy atom. The highest BCUT2D eigenvalue weighted by Crippen LogP contribution is 2.25. The van der Waals surface area contributed by atoms with E-state index in [2.05, 4.69) is 14.9 Å². The van der Waals surface area contributed by atoms with E-state index in [9.17, 15) is 4.79 Å². The van der Waals surface area contributed by atoms with Crippen LogP contribution in [-0.2, 0) is 6.54 Å². The molecule has 0 N–H and O–H groups in total. The molecule has 1 aromatic carbocycles. The van der Waals surface area contributed by atoms with Crippen molar-refractivity contribution in [3.05, 3.63) is 52.8 Å². The first-order chi connectivity index (χ1) is 12.6. The highest BCUT2D eigenvalue weighted by atomic mass is 16.4. The Bertz CT molecular complexity index is 944. The lowest BCUT2D eigenvalue weighted by Crippen LogP contribution is -2.38. The van der Waals surface area contributed by atoms with Gasteiger partial charge in [0, 0.05) is 45.1 Å². The Kier molecular flexibility index (Phi) is 4.46. The second-order valence-corrected chi connectivity index (χ2v) is 7.02. The topological polar surface area (TPSA) is 67.4 Å². The Morgan fingerprint density at radius 1 is 1.23 bits per heavy atom. The van der Waals surface area contributed by atoms with Crippen molar-refractivity contribution in [1.29, 1.82) is 0 Å². The SMILES string of the molecule is CN(C)c1ncc(CN2CCC[C@H](n3c(=O)oc4ccccc43)C2)cn1. The van der Waals surface area contributed by atoms with Gasteiger partial charge in [-0.05, 0) is 31.5 Å². The van der Waals surface area contributed by atoms with Crippen LogP contribution in [0.2, 0.25) is 0 Å². The average molecular weight is 353 g/mol. The number of piperidine rings is 1.